The number of anilines is 1. The van der Waals surface area contributed by atoms with Crippen LogP contribution in [0.4, 0.5) is 10.5 Å². The third-order valence-corrected chi connectivity index (χ3v) is 4.20. The molecule has 1 fully saturated rings. The Bertz CT molecular complexity index is 534. The molecule has 1 aliphatic rings. The van der Waals surface area contributed by atoms with Crippen molar-refractivity contribution in [3.8, 4) is 0 Å². The molecule has 0 spiro atoms. The van der Waals surface area contributed by atoms with E-state index in [2.05, 4.69) is 10.6 Å². The lowest BCUT2D eigenvalue weighted by Crippen LogP contribution is -2.49. The summed E-state index contributed by atoms with van der Waals surface area (Å²) in [6.45, 7) is 1.85. The van der Waals surface area contributed by atoms with Crippen LogP contribution in [0.1, 0.15) is 37.7 Å². The summed E-state index contributed by atoms with van der Waals surface area (Å²) in [4.78, 5) is 23.2. The maximum atomic E-state index is 12.2. The minimum absolute atomic E-state index is 0.0536. The predicted octanol–water partition coefficient (Wildman–Crippen LogP) is 3.56. The highest BCUT2D eigenvalue weighted by Crippen LogP contribution is 2.33. The number of nitrogens with one attached hydrogen (secondary N) is 2. The normalized spacial score (nSPS) is 16.5. The molecule has 0 aromatic heterocycles. The third kappa shape index (κ3) is 3.88. The first-order chi connectivity index (χ1) is 9.92. The molecule has 6 heteroatoms. The monoisotopic (exact) mass is 310 g/mol. The van der Waals surface area contributed by atoms with Crippen molar-refractivity contribution in [3.63, 3.8) is 0 Å². The summed E-state index contributed by atoms with van der Waals surface area (Å²) < 4.78 is 0. The average Bonchev–Trinajstić information content (AvgIpc) is 2.81. The Balaban J connectivity index is 2.08. The molecule has 1 aromatic rings. The molecule has 21 heavy (non-hydrogen) atoms. The molecule has 0 bridgehead atoms. The molecule has 0 heterocycles. The summed E-state index contributed by atoms with van der Waals surface area (Å²) in [6.07, 6.45) is 3.18. The van der Waals surface area contributed by atoms with Crippen LogP contribution in [0, 0.1) is 6.92 Å². The van der Waals surface area contributed by atoms with E-state index in [9.17, 15) is 9.59 Å². The van der Waals surface area contributed by atoms with Crippen LogP contribution in [0.3, 0.4) is 0 Å². The smallest absolute Gasteiger partial charge is 0.319 e. The molecule has 1 saturated carbocycles. The Morgan fingerprint density at radius 3 is 2.57 bits per heavy atom. The molecule has 114 valence electrons. The number of benzene rings is 1. The van der Waals surface area contributed by atoms with Gasteiger partial charge in [-0.15, -0.1) is 0 Å². The van der Waals surface area contributed by atoms with Gasteiger partial charge >= 0.3 is 12.0 Å². The summed E-state index contributed by atoms with van der Waals surface area (Å²) >= 11 is 6.07. The van der Waals surface area contributed by atoms with Gasteiger partial charge in [0.1, 0.15) is 0 Å². The lowest BCUT2D eigenvalue weighted by Gasteiger charge is -2.29. The van der Waals surface area contributed by atoms with E-state index in [0.29, 0.717) is 23.6 Å². The minimum atomic E-state index is -0.897. The van der Waals surface area contributed by atoms with Crippen molar-refractivity contribution in [1.29, 1.82) is 0 Å². The van der Waals surface area contributed by atoms with Gasteiger partial charge in [0.05, 0.1) is 22.7 Å². The maximum Gasteiger partial charge on any atom is 0.319 e. The molecular formula is C15H19ClN2O3. The van der Waals surface area contributed by atoms with Gasteiger partial charge in [-0.05, 0) is 31.4 Å². The summed E-state index contributed by atoms with van der Waals surface area (Å²) in [7, 11) is 0. The molecular weight excluding hydrogens is 292 g/mol. The number of hydrogen-bond donors (Lipinski definition) is 3. The highest BCUT2D eigenvalue weighted by Gasteiger charge is 2.37. The lowest BCUT2D eigenvalue weighted by atomic mass is 9.93. The SMILES string of the molecule is Cc1cccc(Cl)c1NC(=O)NC1(CC(=O)O)CCCC1. The molecule has 2 rings (SSSR count). The Hall–Kier alpha value is -1.75. The number of aliphatic carboxylic acids is 1. The topological polar surface area (TPSA) is 78.4 Å². The lowest BCUT2D eigenvalue weighted by molar-refractivity contribution is -0.138. The van der Waals surface area contributed by atoms with Gasteiger partial charge in [-0.3, -0.25) is 4.79 Å². The molecule has 3 N–H and O–H groups in total. The summed E-state index contributed by atoms with van der Waals surface area (Å²) in [5, 5.41) is 15.1. The number of carbonyl (C=O) groups is 2. The molecule has 0 aliphatic heterocycles. The fourth-order valence-corrected chi connectivity index (χ4v) is 3.13. The van der Waals surface area contributed by atoms with Gasteiger partial charge in [0.2, 0.25) is 0 Å². The van der Waals surface area contributed by atoms with Crippen molar-refractivity contribution < 1.29 is 14.7 Å². The number of urea groups is 1. The van der Waals surface area contributed by atoms with Crippen LogP contribution >= 0.6 is 11.6 Å². The Kier molecular flexibility index (Phi) is 4.73. The second kappa shape index (κ2) is 6.35. The van der Waals surface area contributed by atoms with Crippen molar-refractivity contribution >= 4 is 29.3 Å². The first-order valence-corrected chi connectivity index (χ1v) is 7.36. The minimum Gasteiger partial charge on any atom is -0.481 e. The molecule has 5 nitrogen and oxygen atoms in total. The number of amides is 2. The second-order valence-corrected chi connectivity index (χ2v) is 5.98. The summed E-state index contributed by atoms with van der Waals surface area (Å²) in [5.74, 6) is -0.897. The van der Waals surface area contributed by atoms with E-state index in [1.54, 1.807) is 6.07 Å². The van der Waals surface area contributed by atoms with Crippen LogP contribution in [0.5, 0.6) is 0 Å². The van der Waals surface area contributed by atoms with Gasteiger partial charge in [-0.25, -0.2) is 4.79 Å². The van der Waals surface area contributed by atoms with E-state index >= 15 is 0 Å². The standard InChI is InChI=1S/C15H19ClN2O3/c1-10-5-4-6-11(16)13(10)17-14(21)18-15(9-12(19)20)7-2-3-8-15/h4-6H,2-3,7-9H2,1H3,(H,19,20)(H2,17,18,21). The zero-order chi connectivity index (χ0) is 15.5. The maximum absolute atomic E-state index is 12.2. The average molecular weight is 311 g/mol. The van der Waals surface area contributed by atoms with Gasteiger partial charge in [0.15, 0.2) is 0 Å². The number of para-hydroxylation sites is 1. The quantitative estimate of drug-likeness (QED) is 0.795. The first kappa shape index (κ1) is 15.6. The second-order valence-electron chi connectivity index (χ2n) is 5.57. The van der Waals surface area contributed by atoms with Gasteiger partial charge in [-0.1, -0.05) is 36.6 Å². The van der Waals surface area contributed by atoms with Gasteiger partial charge in [0, 0.05) is 0 Å². The van der Waals surface area contributed by atoms with Crippen LogP contribution < -0.4 is 10.6 Å². The largest absolute Gasteiger partial charge is 0.481 e. The molecule has 0 unspecified atom stereocenters. The van der Waals surface area contributed by atoms with E-state index in [1.807, 2.05) is 19.1 Å². The van der Waals surface area contributed by atoms with Gasteiger partial charge < -0.3 is 15.7 Å². The van der Waals surface area contributed by atoms with Crippen molar-refractivity contribution in [2.75, 3.05) is 5.32 Å². The van der Waals surface area contributed by atoms with Crippen molar-refractivity contribution in [2.24, 2.45) is 0 Å². The van der Waals surface area contributed by atoms with E-state index in [1.165, 1.54) is 0 Å². The Morgan fingerprint density at radius 1 is 1.33 bits per heavy atom. The Labute approximate surface area is 128 Å². The van der Waals surface area contributed by atoms with Crippen LogP contribution in [0.2, 0.25) is 5.02 Å². The number of carboxylic acid groups (broad SMARTS) is 1. The number of rotatable bonds is 4. The van der Waals surface area contributed by atoms with E-state index in [-0.39, 0.29) is 6.42 Å². The third-order valence-electron chi connectivity index (χ3n) is 3.89. The molecule has 1 aliphatic carbocycles. The first-order valence-electron chi connectivity index (χ1n) is 6.98. The molecule has 0 radical (unpaired) electrons. The fourth-order valence-electron chi connectivity index (χ4n) is 2.86. The highest BCUT2D eigenvalue weighted by atomic mass is 35.5. The number of carbonyl (C=O) groups excluding carboxylic acids is 1. The predicted molar refractivity (Wildman–Crippen MR) is 81.8 cm³/mol. The zero-order valence-corrected chi connectivity index (χ0v) is 12.7. The van der Waals surface area contributed by atoms with Crippen LogP contribution in [-0.4, -0.2) is 22.6 Å². The van der Waals surface area contributed by atoms with E-state index in [0.717, 1.165) is 18.4 Å². The van der Waals surface area contributed by atoms with E-state index in [4.69, 9.17) is 16.7 Å². The molecule has 0 saturated heterocycles. The van der Waals surface area contributed by atoms with E-state index < -0.39 is 17.5 Å². The summed E-state index contributed by atoms with van der Waals surface area (Å²) in [6, 6.07) is 4.95. The Morgan fingerprint density at radius 2 is 2.00 bits per heavy atom. The van der Waals surface area contributed by atoms with Crippen molar-refractivity contribution in [1.82, 2.24) is 5.32 Å². The number of carboxylic acids is 1. The van der Waals surface area contributed by atoms with Gasteiger partial charge in [-0.2, -0.15) is 0 Å². The number of hydrogen-bond acceptors (Lipinski definition) is 2. The molecule has 2 amide bonds. The van der Waals surface area contributed by atoms with Crippen LogP contribution in [-0.2, 0) is 4.79 Å². The van der Waals surface area contributed by atoms with Crippen molar-refractivity contribution in [3.05, 3.63) is 28.8 Å². The summed E-state index contributed by atoms with van der Waals surface area (Å²) in [5.41, 5.74) is 0.766. The van der Waals surface area contributed by atoms with Crippen LogP contribution in [0.15, 0.2) is 18.2 Å². The van der Waals surface area contributed by atoms with Crippen LogP contribution in [0.25, 0.3) is 0 Å². The molecule has 0 atom stereocenters. The zero-order valence-electron chi connectivity index (χ0n) is 11.9. The van der Waals surface area contributed by atoms with Gasteiger partial charge in [0.25, 0.3) is 0 Å². The highest BCUT2D eigenvalue weighted by molar-refractivity contribution is 6.33. The number of halogens is 1. The number of aryl methyl sites for hydroxylation is 1. The van der Waals surface area contributed by atoms with Crippen molar-refractivity contribution in [2.45, 2.75) is 44.6 Å². The fraction of sp³-hybridized carbons (Fsp3) is 0.467. The molecule has 1 aromatic carbocycles.